The van der Waals surface area contributed by atoms with E-state index in [2.05, 4.69) is 25.9 Å². The molecule has 1 aromatic heterocycles. The van der Waals surface area contributed by atoms with Crippen LogP contribution in [0, 0.1) is 6.92 Å². The molecule has 0 unspecified atom stereocenters. The zero-order chi connectivity index (χ0) is 25.3. The highest BCUT2D eigenvalue weighted by Gasteiger charge is 2.35. The Bertz CT molecular complexity index is 1370. The summed E-state index contributed by atoms with van der Waals surface area (Å²) >= 11 is 0. The minimum absolute atomic E-state index is 0.0212. The second kappa shape index (κ2) is 9.12. The number of aromatic amines is 1. The van der Waals surface area contributed by atoms with E-state index in [-0.39, 0.29) is 29.4 Å². The molecule has 0 saturated heterocycles. The van der Waals surface area contributed by atoms with E-state index in [0.717, 1.165) is 17.7 Å². The fourth-order valence-corrected chi connectivity index (χ4v) is 3.65. The second-order valence-corrected chi connectivity index (χ2v) is 7.86. The van der Waals surface area contributed by atoms with Crippen LogP contribution in [0.3, 0.4) is 0 Å². The van der Waals surface area contributed by atoms with E-state index >= 15 is 0 Å². The molecule has 2 amide bonds. The van der Waals surface area contributed by atoms with Gasteiger partial charge >= 0.3 is 6.18 Å². The fraction of sp³-hybridized carbons (Fsp3) is 0.217. The Balaban J connectivity index is 1.63. The van der Waals surface area contributed by atoms with Crippen molar-refractivity contribution in [3.63, 3.8) is 0 Å². The smallest absolute Gasteiger partial charge is 0.416 e. The lowest BCUT2D eigenvalue weighted by Gasteiger charge is -2.24. The van der Waals surface area contributed by atoms with Crippen molar-refractivity contribution in [1.82, 2.24) is 9.97 Å². The molecule has 182 valence electrons. The minimum atomic E-state index is -4.55. The normalized spacial score (nSPS) is 15.1. The maximum Gasteiger partial charge on any atom is 0.416 e. The number of H-pyrrole nitrogens is 1. The van der Waals surface area contributed by atoms with Gasteiger partial charge < -0.3 is 20.7 Å². The molecule has 9 nitrogen and oxygen atoms in total. The average molecular weight is 487 g/mol. The molecule has 0 radical (unpaired) electrons. The maximum absolute atomic E-state index is 13.1. The third-order valence-corrected chi connectivity index (χ3v) is 5.42. The predicted molar refractivity (Wildman–Crippen MR) is 122 cm³/mol. The first-order valence-corrected chi connectivity index (χ1v) is 10.4. The molecule has 1 aliphatic rings. The number of carbonyl (C=O) groups excluding carboxylic acids is 2. The van der Waals surface area contributed by atoms with E-state index < -0.39 is 35.0 Å². The van der Waals surface area contributed by atoms with Gasteiger partial charge in [0.05, 0.1) is 24.2 Å². The number of alkyl halides is 3. The summed E-state index contributed by atoms with van der Waals surface area (Å²) in [5, 5.41) is 7.76. The molecule has 0 bridgehead atoms. The number of aromatic nitrogens is 2. The van der Waals surface area contributed by atoms with Gasteiger partial charge in [-0.05, 0) is 36.8 Å². The number of anilines is 4. The number of hydrogen-bond donors (Lipinski definition) is 4. The molecule has 4 N–H and O–H groups in total. The number of ether oxygens (including phenoxy) is 1. The Morgan fingerprint density at radius 3 is 2.66 bits per heavy atom. The van der Waals surface area contributed by atoms with Crippen molar-refractivity contribution in [2.24, 2.45) is 0 Å². The molecule has 0 spiro atoms. The number of methoxy groups -OCH3 is 1. The molecule has 4 rings (SSSR count). The lowest BCUT2D eigenvalue weighted by molar-refractivity contribution is -0.137. The van der Waals surface area contributed by atoms with Crippen LogP contribution in [0.25, 0.3) is 0 Å². The van der Waals surface area contributed by atoms with Crippen molar-refractivity contribution in [1.29, 1.82) is 0 Å². The third kappa shape index (κ3) is 5.10. The molecule has 0 fully saturated rings. The van der Waals surface area contributed by atoms with Crippen LogP contribution in [-0.4, -0.2) is 28.9 Å². The van der Waals surface area contributed by atoms with E-state index in [1.807, 2.05) is 0 Å². The number of fused-ring (bicyclic) bond motifs is 1. The van der Waals surface area contributed by atoms with Crippen LogP contribution in [0.1, 0.15) is 29.0 Å². The van der Waals surface area contributed by atoms with Gasteiger partial charge in [-0.2, -0.15) is 18.2 Å². The van der Waals surface area contributed by atoms with Crippen molar-refractivity contribution >= 4 is 35.0 Å². The number of nitrogens with zero attached hydrogens (tertiary/aromatic N) is 1. The number of aryl methyl sites for hydroxylation is 1. The Kier molecular flexibility index (Phi) is 6.20. The van der Waals surface area contributed by atoms with Crippen LogP contribution in [0.15, 0.2) is 47.3 Å². The van der Waals surface area contributed by atoms with Gasteiger partial charge in [-0.3, -0.25) is 19.4 Å². The molecule has 3 aromatic rings. The van der Waals surface area contributed by atoms with Crippen LogP contribution >= 0.6 is 0 Å². The van der Waals surface area contributed by atoms with Gasteiger partial charge in [-0.25, -0.2) is 0 Å². The molecule has 0 saturated carbocycles. The number of amides is 2. The standard InChI is InChI=1S/C23H20F3N5O4/c1-11-6-7-14(35-2)9-16(11)28-20(33)15-10-17(32)29-19-18(15)21(34)31-22(30-19)27-13-5-3-4-12(8-13)23(24,25)26/h3-9,15H,10H2,1-2H3,(H,28,33)(H3,27,29,30,31,32,34)/t15-/m0/s1. The zero-order valence-electron chi connectivity index (χ0n) is 18.5. The summed E-state index contributed by atoms with van der Waals surface area (Å²) in [6, 6.07) is 9.40. The summed E-state index contributed by atoms with van der Waals surface area (Å²) in [6.07, 6.45) is -4.84. The fourth-order valence-electron chi connectivity index (χ4n) is 3.65. The molecular formula is C23H20F3N5O4. The van der Waals surface area contributed by atoms with Gasteiger partial charge in [0.2, 0.25) is 17.8 Å². The maximum atomic E-state index is 13.1. The van der Waals surface area contributed by atoms with Crippen molar-refractivity contribution in [3.05, 3.63) is 69.5 Å². The van der Waals surface area contributed by atoms with E-state index in [4.69, 9.17) is 4.74 Å². The molecule has 12 heteroatoms. The first-order valence-electron chi connectivity index (χ1n) is 10.4. The van der Waals surface area contributed by atoms with Crippen LogP contribution in [0.2, 0.25) is 0 Å². The highest BCUT2D eigenvalue weighted by molar-refractivity contribution is 6.04. The van der Waals surface area contributed by atoms with Gasteiger partial charge in [0.1, 0.15) is 11.6 Å². The van der Waals surface area contributed by atoms with Crippen LogP contribution in [0.5, 0.6) is 5.75 Å². The van der Waals surface area contributed by atoms with Crippen LogP contribution in [-0.2, 0) is 15.8 Å². The Labute approximate surface area is 196 Å². The number of nitrogens with one attached hydrogen (secondary N) is 4. The Morgan fingerprint density at radius 1 is 1.17 bits per heavy atom. The molecule has 1 atom stereocenters. The highest BCUT2D eigenvalue weighted by Crippen LogP contribution is 2.33. The minimum Gasteiger partial charge on any atom is -0.497 e. The van der Waals surface area contributed by atoms with Crippen LogP contribution < -0.4 is 26.2 Å². The molecule has 1 aliphatic heterocycles. The molecular weight excluding hydrogens is 467 g/mol. The van der Waals surface area contributed by atoms with E-state index in [1.165, 1.54) is 19.2 Å². The largest absolute Gasteiger partial charge is 0.497 e. The van der Waals surface area contributed by atoms with Crippen molar-refractivity contribution in [2.75, 3.05) is 23.1 Å². The summed E-state index contributed by atoms with van der Waals surface area (Å²) in [4.78, 5) is 44.8. The topological polar surface area (TPSA) is 125 Å². The SMILES string of the molecule is COc1ccc(C)c(NC(=O)[C@H]2CC(=O)Nc3nc(Nc4cccc(C(F)(F)F)c4)[nH]c(=O)c32)c1. The van der Waals surface area contributed by atoms with Gasteiger partial charge in [-0.1, -0.05) is 12.1 Å². The number of rotatable bonds is 5. The van der Waals surface area contributed by atoms with Gasteiger partial charge in [0.25, 0.3) is 5.56 Å². The van der Waals surface area contributed by atoms with Gasteiger partial charge in [-0.15, -0.1) is 0 Å². The second-order valence-electron chi connectivity index (χ2n) is 7.86. The van der Waals surface area contributed by atoms with Gasteiger partial charge in [0.15, 0.2) is 0 Å². The van der Waals surface area contributed by atoms with E-state index in [1.54, 1.807) is 25.1 Å². The molecule has 2 heterocycles. The Morgan fingerprint density at radius 2 is 1.94 bits per heavy atom. The number of benzene rings is 2. The average Bonchev–Trinajstić information content (AvgIpc) is 2.79. The third-order valence-electron chi connectivity index (χ3n) is 5.42. The summed E-state index contributed by atoms with van der Waals surface area (Å²) in [6.45, 7) is 1.77. The first-order chi connectivity index (χ1) is 16.5. The zero-order valence-corrected chi connectivity index (χ0v) is 18.5. The molecule has 0 aliphatic carbocycles. The highest BCUT2D eigenvalue weighted by atomic mass is 19.4. The van der Waals surface area contributed by atoms with Crippen LogP contribution in [0.4, 0.5) is 36.3 Å². The van der Waals surface area contributed by atoms with Gasteiger partial charge in [0, 0.05) is 23.9 Å². The van der Waals surface area contributed by atoms with E-state index in [9.17, 15) is 27.6 Å². The summed E-state index contributed by atoms with van der Waals surface area (Å²) < 4.78 is 44.1. The predicted octanol–water partition coefficient (Wildman–Crippen LogP) is 3.91. The monoisotopic (exact) mass is 487 g/mol. The summed E-state index contributed by atoms with van der Waals surface area (Å²) in [5.74, 6) is -2.10. The number of halogens is 3. The quantitative estimate of drug-likeness (QED) is 0.433. The first kappa shape index (κ1) is 23.8. The molecule has 2 aromatic carbocycles. The van der Waals surface area contributed by atoms with Crippen molar-refractivity contribution < 1.29 is 27.5 Å². The lowest BCUT2D eigenvalue weighted by atomic mass is 9.92. The lowest BCUT2D eigenvalue weighted by Crippen LogP contribution is -2.36. The number of hydrogen-bond acceptors (Lipinski definition) is 6. The summed E-state index contributed by atoms with van der Waals surface area (Å²) in [7, 11) is 1.48. The number of carbonyl (C=O) groups is 2. The Hall–Kier alpha value is -4.35. The van der Waals surface area contributed by atoms with Crippen molar-refractivity contribution in [2.45, 2.75) is 25.4 Å². The molecule has 35 heavy (non-hydrogen) atoms. The van der Waals surface area contributed by atoms with E-state index in [0.29, 0.717) is 11.4 Å². The van der Waals surface area contributed by atoms with Crippen molar-refractivity contribution in [3.8, 4) is 5.75 Å². The summed E-state index contributed by atoms with van der Waals surface area (Å²) in [5.41, 5.74) is -0.445.